The summed E-state index contributed by atoms with van der Waals surface area (Å²) in [6, 6.07) is 0.263. The van der Waals surface area contributed by atoms with E-state index in [1.165, 1.54) is 17.1 Å². The van der Waals surface area contributed by atoms with Crippen molar-refractivity contribution in [2.24, 2.45) is 5.92 Å². The van der Waals surface area contributed by atoms with Gasteiger partial charge in [0.15, 0.2) is 0 Å². The Morgan fingerprint density at radius 1 is 1.24 bits per heavy atom. The van der Waals surface area contributed by atoms with Crippen LogP contribution >= 0.6 is 11.6 Å². The van der Waals surface area contributed by atoms with Gasteiger partial charge in [0.25, 0.3) is 10.2 Å². The zero-order valence-electron chi connectivity index (χ0n) is 10.3. The van der Waals surface area contributed by atoms with Crippen LogP contribution in [0.15, 0.2) is 0 Å². The third kappa shape index (κ3) is 3.56. The lowest BCUT2D eigenvalue weighted by molar-refractivity contribution is 0.343. The van der Waals surface area contributed by atoms with Crippen molar-refractivity contribution in [3.63, 3.8) is 0 Å². The summed E-state index contributed by atoms with van der Waals surface area (Å²) in [7, 11) is -1.60. The highest BCUT2D eigenvalue weighted by Gasteiger charge is 2.41. The van der Waals surface area contributed by atoms with Gasteiger partial charge in [0.2, 0.25) is 0 Å². The highest BCUT2D eigenvalue weighted by molar-refractivity contribution is 7.86. The maximum atomic E-state index is 12.4. The Kier molecular flexibility index (Phi) is 4.34. The number of rotatable bonds is 8. The molecule has 0 spiro atoms. The number of hydrogen-bond acceptors (Lipinski definition) is 2. The normalized spacial score (nSPS) is 21.4. The first-order valence-corrected chi connectivity index (χ1v) is 8.28. The second kappa shape index (κ2) is 5.43. The minimum Gasteiger partial charge on any atom is -0.195 e. The highest BCUT2D eigenvalue weighted by Crippen LogP contribution is 2.36. The van der Waals surface area contributed by atoms with E-state index in [0.29, 0.717) is 24.8 Å². The van der Waals surface area contributed by atoms with Crippen LogP contribution in [-0.4, -0.2) is 49.1 Å². The predicted molar refractivity (Wildman–Crippen MR) is 69.3 cm³/mol. The van der Waals surface area contributed by atoms with Gasteiger partial charge in [-0.05, 0) is 38.0 Å². The zero-order valence-corrected chi connectivity index (χ0v) is 11.9. The first kappa shape index (κ1) is 13.6. The lowest BCUT2D eigenvalue weighted by Crippen LogP contribution is -2.44. The minimum absolute atomic E-state index is 0.263. The van der Waals surface area contributed by atoms with Crippen LogP contribution in [0.1, 0.15) is 32.1 Å². The van der Waals surface area contributed by atoms with E-state index in [1.807, 2.05) is 0 Å². The van der Waals surface area contributed by atoms with Crippen LogP contribution in [0.4, 0.5) is 0 Å². The van der Waals surface area contributed by atoms with Crippen LogP contribution in [0, 0.1) is 5.92 Å². The number of hydrogen-bond donors (Lipinski definition) is 0. The summed E-state index contributed by atoms with van der Waals surface area (Å²) < 4.78 is 28.0. The summed E-state index contributed by atoms with van der Waals surface area (Å²) in [5, 5.41) is 0. The predicted octanol–water partition coefficient (Wildman–Crippen LogP) is 1.67. The van der Waals surface area contributed by atoms with Crippen molar-refractivity contribution in [3.05, 3.63) is 0 Å². The van der Waals surface area contributed by atoms with Crippen molar-refractivity contribution in [3.8, 4) is 0 Å². The van der Waals surface area contributed by atoms with E-state index in [9.17, 15) is 8.42 Å². The van der Waals surface area contributed by atoms with Crippen LogP contribution in [0.25, 0.3) is 0 Å². The minimum atomic E-state index is -3.26. The van der Waals surface area contributed by atoms with E-state index >= 15 is 0 Å². The van der Waals surface area contributed by atoms with E-state index in [4.69, 9.17) is 11.6 Å². The SMILES string of the molecule is CN(CCCCl)S(=O)(=O)N(CC1CC1)C1CC1. The summed E-state index contributed by atoms with van der Waals surface area (Å²) in [6.45, 7) is 1.23. The molecule has 0 aliphatic heterocycles. The Morgan fingerprint density at radius 3 is 2.35 bits per heavy atom. The topological polar surface area (TPSA) is 40.6 Å². The van der Waals surface area contributed by atoms with E-state index in [-0.39, 0.29) is 6.04 Å². The summed E-state index contributed by atoms with van der Waals surface area (Å²) in [5.41, 5.74) is 0. The van der Waals surface area contributed by atoms with Gasteiger partial charge in [-0.15, -0.1) is 11.6 Å². The van der Waals surface area contributed by atoms with Gasteiger partial charge in [0, 0.05) is 32.1 Å². The molecule has 6 heteroatoms. The van der Waals surface area contributed by atoms with E-state index in [1.54, 1.807) is 11.4 Å². The lowest BCUT2D eigenvalue weighted by atomic mass is 10.4. The molecule has 17 heavy (non-hydrogen) atoms. The third-order valence-corrected chi connectivity index (χ3v) is 5.66. The maximum absolute atomic E-state index is 12.4. The fourth-order valence-electron chi connectivity index (χ4n) is 1.93. The molecular formula is C11H21ClN2O2S. The highest BCUT2D eigenvalue weighted by atomic mass is 35.5. The molecule has 0 N–H and O–H groups in total. The van der Waals surface area contributed by atoms with Gasteiger partial charge >= 0.3 is 0 Å². The van der Waals surface area contributed by atoms with Gasteiger partial charge in [0.05, 0.1) is 0 Å². The molecule has 2 saturated carbocycles. The molecule has 0 heterocycles. The Labute approximate surface area is 109 Å². The molecule has 0 saturated heterocycles. The van der Waals surface area contributed by atoms with Crippen molar-refractivity contribution in [1.82, 2.24) is 8.61 Å². The summed E-state index contributed by atoms with van der Waals surface area (Å²) in [6.07, 6.45) is 5.12. The second-order valence-electron chi connectivity index (χ2n) is 5.12. The Hall–Kier alpha value is 0.160. The molecule has 0 amide bonds. The fraction of sp³-hybridized carbons (Fsp3) is 1.00. The summed E-state index contributed by atoms with van der Waals surface area (Å²) >= 11 is 5.61. The van der Waals surface area contributed by atoms with Gasteiger partial charge in [-0.25, -0.2) is 0 Å². The van der Waals surface area contributed by atoms with Crippen molar-refractivity contribution in [2.75, 3.05) is 26.0 Å². The Balaban J connectivity index is 1.98. The van der Waals surface area contributed by atoms with Gasteiger partial charge in [-0.3, -0.25) is 0 Å². The van der Waals surface area contributed by atoms with E-state index < -0.39 is 10.2 Å². The van der Waals surface area contributed by atoms with Gasteiger partial charge < -0.3 is 0 Å². The van der Waals surface area contributed by atoms with Crippen LogP contribution in [0.5, 0.6) is 0 Å². The third-order valence-electron chi connectivity index (χ3n) is 3.39. The standard InChI is InChI=1S/C11H21ClN2O2S/c1-13(8-2-7-12)17(15,16)14(11-5-6-11)9-10-3-4-10/h10-11H,2-9H2,1H3. The molecule has 0 atom stereocenters. The van der Waals surface area contributed by atoms with E-state index in [0.717, 1.165) is 19.4 Å². The molecule has 100 valence electrons. The van der Waals surface area contributed by atoms with Gasteiger partial charge in [-0.2, -0.15) is 17.0 Å². The molecular weight excluding hydrogens is 260 g/mol. The molecule has 0 aromatic carbocycles. The molecule has 4 nitrogen and oxygen atoms in total. The van der Waals surface area contributed by atoms with Gasteiger partial charge in [-0.1, -0.05) is 0 Å². The summed E-state index contributed by atoms with van der Waals surface area (Å²) in [5.74, 6) is 1.11. The lowest BCUT2D eigenvalue weighted by Gasteiger charge is -2.27. The molecule has 2 aliphatic rings. The molecule has 2 fully saturated rings. The molecule has 0 bridgehead atoms. The van der Waals surface area contributed by atoms with Crippen LogP contribution in [-0.2, 0) is 10.2 Å². The first-order valence-electron chi connectivity index (χ1n) is 6.34. The van der Waals surface area contributed by atoms with Gasteiger partial charge in [0.1, 0.15) is 0 Å². The average Bonchev–Trinajstić information content (AvgIpc) is 3.15. The average molecular weight is 281 g/mol. The van der Waals surface area contributed by atoms with Crippen molar-refractivity contribution in [2.45, 2.75) is 38.1 Å². The summed E-state index contributed by atoms with van der Waals surface area (Å²) in [4.78, 5) is 0. The second-order valence-corrected chi connectivity index (χ2v) is 7.48. The Morgan fingerprint density at radius 2 is 1.88 bits per heavy atom. The van der Waals surface area contributed by atoms with Crippen LogP contribution < -0.4 is 0 Å². The van der Waals surface area contributed by atoms with Crippen molar-refractivity contribution in [1.29, 1.82) is 0 Å². The van der Waals surface area contributed by atoms with Crippen LogP contribution in [0.3, 0.4) is 0 Å². The maximum Gasteiger partial charge on any atom is 0.281 e. The molecule has 0 radical (unpaired) electrons. The zero-order chi connectivity index (χ0) is 12.5. The van der Waals surface area contributed by atoms with E-state index in [2.05, 4.69) is 0 Å². The smallest absolute Gasteiger partial charge is 0.195 e. The van der Waals surface area contributed by atoms with Crippen molar-refractivity contribution < 1.29 is 8.42 Å². The quantitative estimate of drug-likeness (QED) is 0.635. The Bertz CT molecular complexity index is 352. The molecule has 0 aromatic heterocycles. The number of halogens is 1. The first-order chi connectivity index (χ1) is 8.05. The molecule has 0 aromatic rings. The van der Waals surface area contributed by atoms with Crippen molar-refractivity contribution >= 4 is 21.8 Å². The number of alkyl halides is 1. The molecule has 2 rings (SSSR count). The van der Waals surface area contributed by atoms with Crippen LogP contribution in [0.2, 0.25) is 0 Å². The molecule has 2 aliphatic carbocycles. The largest absolute Gasteiger partial charge is 0.281 e. The molecule has 0 unspecified atom stereocenters. The number of nitrogens with zero attached hydrogens (tertiary/aromatic N) is 2. The monoisotopic (exact) mass is 280 g/mol. The fourth-order valence-corrected chi connectivity index (χ4v) is 3.75.